The maximum absolute atomic E-state index is 12.4. The van der Waals surface area contributed by atoms with Gasteiger partial charge in [0.05, 0.1) is 19.6 Å². The zero-order valence-electron chi connectivity index (χ0n) is 15.3. The molecule has 0 spiro atoms. The summed E-state index contributed by atoms with van der Waals surface area (Å²) in [7, 11) is 1.31. The van der Waals surface area contributed by atoms with Crippen LogP contribution in [0.1, 0.15) is 29.2 Å². The van der Waals surface area contributed by atoms with Gasteiger partial charge in [-0.3, -0.25) is 4.79 Å². The van der Waals surface area contributed by atoms with E-state index in [0.29, 0.717) is 18.1 Å². The number of carbonyl (C=O) groups excluding carboxylic acids is 2. The third kappa shape index (κ3) is 3.48. The van der Waals surface area contributed by atoms with Gasteiger partial charge in [0, 0.05) is 23.5 Å². The van der Waals surface area contributed by atoms with Crippen molar-refractivity contribution in [3.05, 3.63) is 65.7 Å². The second kappa shape index (κ2) is 7.59. The molecule has 0 radical (unpaired) electrons. The van der Waals surface area contributed by atoms with Crippen molar-refractivity contribution in [3.63, 3.8) is 0 Å². The average Bonchev–Trinajstić information content (AvgIpc) is 3.36. The molecule has 0 unspecified atom stereocenters. The number of amides is 1. The Kier molecular flexibility index (Phi) is 4.84. The Bertz CT molecular complexity index is 993. The first-order valence-corrected chi connectivity index (χ1v) is 8.82. The van der Waals surface area contributed by atoms with E-state index in [0.717, 1.165) is 16.9 Å². The summed E-state index contributed by atoms with van der Waals surface area (Å²) < 4.78 is 17.4. The number of para-hydroxylation sites is 1. The van der Waals surface area contributed by atoms with Gasteiger partial charge in [-0.05, 0) is 18.2 Å². The van der Waals surface area contributed by atoms with E-state index in [2.05, 4.69) is 15.2 Å². The minimum Gasteiger partial charge on any atom is -0.482 e. The molecular weight excluding hydrogens is 362 g/mol. The zero-order chi connectivity index (χ0) is 19.5. The van der Waals surface area contributed by atoms with Crippen LogP contribution in [0.25, 0.3) is 0 Å². The SMILES string of the molecule is COC(=O)COc1ccccc1[C@H]1CC(=O)Nc2c1cnn2Cc1ccco1. The lowest BCUT2D eigenvalue weighted by Crippen LogP contribution is -2.25. The fraction of sp³-hybridized carbons (Fsp3) is 0.250. The lowest BCUT2D eigenvalue weighted by Gasteiger charge is -2.25. The Morgan fingerprint density at radius 2 is 2.14 bits per heavy atom. The summed E-state index contributed by atoms with van der Waals surface area (Å²) in [4.78, 5) is 23.8. The van der Waals surface area contributed by atoms with Gasteiger partial charge < -0.3 is 19.2 Å². The fourth-order valence-corrected chi connectivity index (χ4v) is 3.31. The summed E-state index contributed by atoms with van der Waals surface area (Å²) in [6.07, 6.45) is 3.61. The van der Waals surface area contributed by atoms with E-state index in [4.69, 9.17) is 9.15 Å². The molecule has 1 aromatic carbocycles. The predicted molar refractivity (Wildman–Crippen MR) is 99.1 cm³/mol. The van der Waals surface area contributed by atoms with E-state index < -0.39 is 5.97 Å². The number of esters is 1. The Balaban J connectivity index is 1.66. The van der Waals surface area contributed by atoms with Crippen LogP contribution in [-0.2, 0) is 20.9 Å². The van der Waals surface area contributed by atoms with E-state index in [-0.39, 0.29) is 24.9 Å². The molecule has 28 heavy (non-hydrogen) atoms. The number of rotatable bonds is 6. The van der Waals surface area contributed by atoms with Crippen LogP contribution in [0.3, 0.4) is 0 Å². The highest BCUT2D eigenvalue weighted by Gasteiger charge is 2.32. The second-order valence-corrected chi connectivity index (χ2v) is 6.39. The minimum atomic E-state index is -0.469. The van der Waals surface area contributed by atoms with Gasteiger partial charge in [0.1, 0.15) is 23.9 Å². The van der Waals surface area contributed by atoms with Gasteiger partial charge in [-0.25, -0.2) is 9.48 Å². The molecule has 1 aliphatic rings. The lowest BCUT2D eigenvalue weighted by molar-refractivity contribution is -0.142. The molecule has 144 valence electrons. The first-order valence-electron chi connectivity index (χ1n) is 8.82. The van der Waals surface area contributed by atoms with Gasteiger partial charge in [-0.15, -0.1) is 0 Å². The number of furan rings is 1. The molecule has 0 bridgehead atoms. The monoisotopic (exact) mass is 381 g/mol. The average molecular weight is 381 g/mol. The Hall–Kier alpha value is -3.55. The summed E-state index contributed by atoms with van der Waals surface area (Å²) in [5, 5.41) is 7.33. The summed E-state index contributed by atoms with van der Waals surface area (Å²) in [5.74, 6) is 1.11. The van der Waals surface area contributed by atoms with Crippen molar-refractivity contribution >= 4 is 17.7 Å². The molecule has 8 heteroatoms. The van der Waals surface area contributed by atoms with Crippen LogP contribution >= 0.6 is 0 Å². The highest BCUT2D eigenvalue weighted by Crippen LogP contribution is 2.40. The number of benzene rings is 1. The van der Waals surface area contributed by atoms with Crippen molar-refractivity contribution in [2.45, 2.75) is 18.9 Å². The lowest BCUT2D eigenvalue weighted by atomic mass is 9.87. The van der Waals surface area contributed by atoms with Gasteiger partial charge in [0.15, 0.2) is 6.61 Å². The van der Waals surface area contributed by atoms with E-state index in [1.165, 1.54) is 7.11 Å². The van der Waals surface area contributed by atoms with E-state index in [1.807, 2.05) is 30.3 Å². The number of hydrogen-bond donors (Lipinski definition) is 1. The quantitative estimate of drug-likeness (QED) is 0.660. The highest BCUT2D eigenvalue weighted by atomic mass is 16.6. The van der Waals surface area contributed by atoms with Gasteiger partial charge in [-0.1, -0.05) is 18.2 Å². The van der Waals surface area contributed by atoms with E-state index >= 15 is 0 Å². The molecule has 1 atom stereocenters. The van der Waals surface area contributed by atoms with Crippen LogP contribution in [0.5, 0.6) is 5.75 Å². The van der Waals surface area contributed by atoms with Crippen molar-refractivity contribution in [1.29, 1.82) is 0 Å². The van der Waals surface area contributed by atoms with Crippen molar-refractivity contribution < 1.29 is 23.5 Å². The van der Waals surface area contributed by atoms with E-state index in [1.54, 1.807) is 23.2 Å². The molecule has 1 N–H and O–H groups in total. The molecule has 4 rings (SSSR count). The third-order valence-electron chi connectivity index (χ3n) is 4.64. The Morgan fingerprint density at radius 1 is 1.29 bits per heavy atom. The molecule has 1 amide bonds. The first kappa shape index (κ1) is 17.8. The van der Waals surface area contributed by atoms with Crippen molar-refractivity contribution in [3.8, 4) is 5.75 Å². The zero-order valence-corrected chi connectivity index (χ0v) is 15.3. The number of aromatic nitrogens is 2. The molecule has 0 aliphatic carbocycles. The van der Waals surface area contributed by atoms with E-state index in [9.17, 15) is 9.59 Å². The molecule has 0 saturated heterocycles. The molecule has 0 fully saturated rings. The summed E-state index contributed by atoms with van der Waals surface area (Å²) in [6, 6.07) is 11.0. The van der Waals surface area contributed by atoms with Crippen LogP contribution in [-0.4, -0.2) is 35.4 Å². The first-order chi connectivity index (χ1) is 13.7. The summed E-state index contributed by atoms with van der Waals surface area (Å²) in [5.41, 5.74) is 1.71. The minimum absolute atomic E-state index is 0.110. The normalized spacial score (nSPS) is 15.6. The maximum Gasteiger partial charge on any atom is 0.343 e. The van der Waals surface area contributed by atoms with Gasteiger partial charge >= 0.3 is 5.97 Å². The summed E-state index contributed by atoms with van der Waals surface area (Å²) >= 11 is 0. The number of methoxy groups -OCH3 is 1. The van der Waals surface area contributed by atoms with Gasteiger partial charge in [-0.2, -0.15) is 5.10 Å². The number of nitrogens with zero attached hydrogens (tertiary/aromatic N) is 2. The second-order valence-electron chi connectivity index (χ2n) is 6.39. The van der Waals surface area contributed by atoms with Crippen LogP contribution in [0.4, 0.5) is 5.82 Å². The topological polar surface area (TPSA) is 95.6 Å². The standard InChI is InChI=1S/C20H19N3O5/c1-26-19(25)12-28-17-7-3-2-6-14(17)15-9-18(24)22-20-16(15)10-21-23(20)11-13-5-4-8-27-13/h2-8,10,15H,9,11-12H2,1H3,(H,22,24)/t15-/m1/s1. The fourth-order valence-electron chi connectivity index (χ4n) is 3.31. The molecule has 3 aromatic rings. The Morgan fingerprint density at radius 3 is 2.93 bits per heavy atom. The molecule has 2 aromatic heterocycles. The largest absolute Gasteiger partial charge is 0.482 e. The summed E-state index contributed by atoms with van der Waals surface area (Å²) in [6.45, 7) is 0.215. The van der Waals surface area contributed by atoms with Crippen molar-refractivity contribution in [2.24, 2.45) is 0 Å². The number of hydrogen-bond acceptors (Lipinski definition) is 6. The predicted octanol–water partition coefficient (Wildman–Crippen LogP) is 2.55. The third-order valence-corrected chi connectivity index (χ3v) is 4.64. The highest BCUT2D eigenvalue weighted by molar-refractivity contribution is 5.94. The number of ether oxygens (including phenoxy) is 2. The number of anilines is 1. The van der Waals surface area contributed by atoms with Crippen LogP contribution < -0.4 is 10.1 Å². The van der Waals surface area contributed by atoms with Crippen molar-refractivity contribution in [1.82, 2.24) is 9.78 Å². The number of nitrogens with one attached hydrogen (secondary N) is 1. The van der Waals surface area contributed by atoms with Gasteiger partial charge in [0.2, 0.25) is 5.91 Å². The molecule has 3 heterocycles. The number of fused-ring (bicyclic) bond motifs is 1. The molecule has 1 aliphatic heterocycles. The number of carbonyl (C=O) groups is 2. The smallest absolute Gasteiger partial charge is 0.343 e. The van der Waals surface area contributed by atoms with Crippen molar-refractivity contribution in [2.75, 3.05) is 19.0 Å². The molecule has 0 saturated carbocycles. The molecule has 8 nitrogen and oxygen atoms in total. The Labute approximate surface area is 161 Å². The molecular formula is C20H19N3O5. The van der Waals surface area contributed by atoms with Crippen LogP contribution in [0, 0.1) is 0 Å². The van der Waals surface area contributed by atoms with Gasteiger partial charge in [0.25, 0.3) is 0 Å². The van der Waals surface area contributed by atoms with Crippen LogP contribution in [0.15, 0.2) is 53.3 Å². The van der Waals surface area contributed by atoms with Crippen LogP contribution in [0.2, 0.25) is 0 Å². The maximum atomic E-state index is 12.4.